The summed E-state index contributed by atoms with van der Waals surface area (Å²) in [6.45, 7) is 5.95. The van der Waals surface area contributed by atoms with Crippen molar-refractivity contribution in [2.24, 2.45) is 0 Å². The summed E-state index contributed by atoms with van der Waals surface area (Å²) in [7, 11) is 0. The van der Waals surface area contributed by atoms with Crippen LogP contribution in [0, 0.1) is 0 Å². The molecule has 0 atom stereocenters. The molecule has 2 aromatic heterocycles. The van der Waals surface area contributed by atoms with Crippen molar-refractivity contribution in [3.8, 4) is 0 Å². The highest BCUT2D eigenvalue weighted by Crippen LogP contribution is 1.98. The standard InChI is InChI=1S/C12H19N5/c1-2-16-11-14-10-12(16)9-13-5-3-7-17-8-4-6-15-17/h4,6,8,10-11,13H,2-3,5,7,9H2,1H3. The zero-order valence-corrected chi connectivity index (χ0v) is 10.2. The van der Waals surface area contributed by atoms with Crippen molar-refractivity contribution in [1.82, 2.24) is 24.6 Å². The highest BCUT2D eigenvalue weighted by Gasteiger charge is 1.99. The first-order chi connectivity index (χ1) is 8.40. The Kier molecular flexibility index (Phi) is 4.32. The van der Waals surface area contributed by atoms with E-state index in [0.717, 1.165) is 32.6 Å². The van der Waals surface area contributed by atoms with Crippen molar-refractivity contribution >= 4 is 0 Å². The van der Waals surface area contributed by atoms with Gasteiger partial charge >= 0.3 is 0 Å². The van der Waals surface area contributed by atoms with Gasteiger partial charge in [0, 0.05) is 38.2 Å². The number of nitrogens with one attached hydrogen (secondary N) is 1. The molecule has 5 heteroatoms. The molecule has 0 saturated carbocycles. The van der Waals surface area contributed by atoms with E-state index in [1.54, 1.807) is 0 Å². The Morgan fingerprint density at radius 1 is 1.41 bits per heavy atom. The molecule has 5 nitrogen and oxygen atoms in total. The fraction of sp³-hybridized carbons (Fsp3) is 0.500. The van der Waals surface area contributed by atoms with Gasteiger partial charge in [-0.25, -0.2) is 4.98 Å². The molecule has 92 valence electrons. The van der Waals surface area contributed by atoms with E-state index in [9.17, 15) is 0 Å². The van der Waals surface area contributed by atoms with Crippen LogP contribution in [0.3, 0.4) is 0 Å². The van der Waals surface area contributed by atoms with Gasteiger partial charge in [-0.15, -0.1) is 0 Å². The average Bonchev–Trinajstić information content (AvgIpc) is 2.98. The molecule has 0 aromatic carbocycles. The predicted octanol–water partition coefficient (Wildman–Crippen LogP) is 1.28. The maximum atomic E-state index is 4.17. The molecule has 0 saturated heterocycles. The van der Waals surface area contributed by atoms with E-state index in [1.165, 1.54) is 5.69 Å². The Bertz CT molecular complexity index is 418. The first-order valence-corrected chi connectivity index (χ1v) is 6.07. The molecule has 17 heavy (non-hydrogen) atoms. The number of aromatic nitrogens is 4. The fourth-order valence-corrected chi connectivity index (χ4v) is 1.80. The van der Waals surface area contributed by atoms with Crippen molar-refractivity contribution in [3.05, 3.63) is 36.7 Å². The van der Waals surface area contributed by atoms with Gasteiger partial charge in [0.25, 0.3) is 0 Å². The second-order valence-corrected chi connectivity index (χ2v) is 3.97. The van der Waals surface area contributed by atoms with Crippen LogP contribution in [0.2, 0.25) is 0 Å². The molecule has 0 bridgehead atoms. The van der Waals surface area contributed by atoms with Gasteiger partial charge in [-0.3, -0.25) is 4.68 Å². The topological polar surface area (TPSA) is 47.7 Å². The van der Waals surface area contributed by atoms with Crippen molar-refractivity contribution in [3.63, 3.8) is 0 Å². The van der Waals surface area contributed by atoms with Crippen molar-refractivity contribution in [1.29, 1.82) is 0 Å². The van der Waals surface area contributed by atoms with Crippen LogP contribution in [-0.4, -0.2) is 25.9 Å². The molecule has 0 unspecified atom stereocenters. The van der Waals surface area contributed by atoms with Gasteiger partial charge in [0.1, 0.15) is 0 Å². The van der Waals surface area contributed by atoms with Crippen molar-refractivity contribution < 1.29 is 0 Å². The Labute approximate surface area is 101 Å². The minimum Gasteiger partial charge on any atom is -0.334 e. The van der Waals surface area contributed by atoms with E-state index >= 15 is 0 Å². The SMILES string of the molecule is CCn1cncc1CNCCCn1cccn1. The molecule has 0 spiro atoms. The lowest BCUT2D eigenvalue weighted by Crippen LogP contribution is -2.18. The zero-order valence-electron chi connectivity index (χ0n) is 10.2. The maximum Gasteiger partial charge on any atom is 0.0948 e. The lowest BCUT2D eigenvalue weighted by Gasteiger charge is -2.07. The van der Waals surface area contributed by atoms with Gasteiger partial charge in [0.15, 0.2) is 0 Å². The number of aryl methyl sites for hydroxylation is 2. The molecule has 0 radical (unpaired) electrons. The first-order valence-electron chi connectivity index (χ1n) is 6.07. The summed E-state index contributed by atoms with van der Waals surface area (Å²) in [5.41, 5.74) is 1.24. The lowest BCUT2D eigenvalue weighted by atomic mass is 10.4. The summed E-state index contributed by atoms with van der Waals surface area (Å²) < 4.78 is 4.11. The lowest BCUT2D eigenvalue weighted by molar-refractivity contribution is 0.535. The van der Waals surface area contributed by atoms with E-state index in [1.807, 2.05) is 35.7 Å². The van der Waals surface area contributed by atoms with E-state index < -0.39 is 0 Å². The molecule has 0 aliphatic carbocycles. The Hall–Kier alpha value is -1.62. The highest BCUT2D eigenvalue weighted by atomic mass is 15.3. The number of imidazole rings is 1. The molecule has 1 N–H and O–H groups in total. The number of nitrogens with zero attached hydrogens (tertiary/aromatic N) is 4. The quantitative estimate of drug-likeness (QED) is 0.733. The smallest absolute Gasteiger partial charge is 0.0948 e. The van der Waals surface area contributed by atoms with Gasteiger partial charge in [0.2, 0.25) is 0 Å². The minimum absolute atomic E-state index is 0.882. The van der Waals surface area contributed by atoms with Gasteiger partial charge in [-0.2, -0.15) is 5.10 Å². The van der Waals surface area contributed by atoms with Crippen LogP contribution in [0.1, 0.15) is 19.0 Å². The second kappa shape index (κ2) is 6.20. The van der Waals surface area contributed by atoms with E-state index in [-0.39, 0.29) is 0 Å². The fourth-order valence-electron chi connectivity index (χ4n) is 1.80. The summed E-state index contributed by atoms with van der Waals surface area (Å²) in [6.07, 6.45) is 8.69. The molecular formula is C12H19N5. The Balaban J connectivity index is 1.63. The van der Waals surface area contributed by atoms with Crippen LogP contribution in [0.25, 0.3) is 0 Å². The Morgan fingerprint density at radius 3 is 3.12 bits per heavy atom. The summed E-state index contributed by atoms with van der Waals surface area (Å²) in [4.78, 5) is 4.14. The second-order valence-electron chi connectivity index (χ2n) is 3.97. The summed E-state index contributed by atoms with van der Waals surface area (Å²) in [5.74, 6) is 0. The van der Waals surface area contributed by atoms with Crippen LogP contribution in [-0.2, 0) is 19.6 Å². The number of hydrogen-bond acceptors (Lipinski definition) is 3. The van der Waals surface area contributed by atoms with Crippen LogP contribution >= 0.6 is 0 Å². The van der Waals surface area contributed by atoms with Crippen LogP contribution in [0.5, 0.6) is 0 Å². The molecule has 0 fully saturated rings. The third-order valence-electron chi connectivity index (χ3n) is 2.75. The summed E-state index contributed by atoms with van der Waals surface area (Å²) >= 11 is 0. The normalized spacial score (nSPS) is 10.9. The average molecular weight is 233 g/mol. The van der Waals surface area contributed by atoms with E-state index in [2.05, 4.69) is 26.9 Å². The number of rotatable bonds is 7. The van der Waals surface area contributed by atoms with E-state index in [0.29, 0.717) is 0 Å². The molecule has 0 aliphatic heterocycles. The zero-order chi connectivity index (χ0) is 11.9. The van der Waals surface area contributed by atoms with Crippen molar-refractivity contribution in [2.45, 2.75) is 33.0 Å². The molecular weight excluding hydrogens is 214 g/mol. The van der Waals surface area contributed by atoms with Crippen LogP contribution in [0.4, 0.5) is 0 Å². The minimum atomic E-state index is 0.882. The predicted molar refractivity (Wildman–Crippen MR) is 66.5 cm³/mol. The highest BCUT2D eigenvalue weighted by molar-refractivity contribution is 4.97. The third-order valence-corrected chi connectivity index (χ3v) is 2.75. The number of hydrogen-bond donors (Lipinski definition) is 1. The van der Waals surface area contributed by atoms with Crippen LogP contribution in [0.15, 0.2) is 31.0 Å². The van der Waals surface area contributed by atoms with Crippen LogP contribution < -0.4 is 5.32 Å². The maximum absolute atomic E-state index is 4.17. The monoisotopic (exact) mass is 233 g/mol. The van der Waals surface area contributed by atoms with Crippen molar-refractivity contribution in [2.75, 3.05) is 6.54 Å². The molecule has 0 amide bonds. The Morgan fingerprint density at radius 2 is 2.35 bits per heavy atom. The van der Waals surface area contributed by atoms with Gasteiger partial charge in [0.05, 0.1) is 12.0 Å². The van der Waals surface area contributed by atoms with Gasteiger partial charge < -0.3 is 9.88 Å². The molecule has 2 aromatic rings. The van der Waals surface area contributed by atoms with E-state index in [4.69, 9.17) is 0 Å². The summed E-state index contributed by atoms with van der Waals surface area (Å²) in [6, 6.07) is 1.95. The largest absolute Gasteiger partial charge is 0.334 e. The third kappa shape index (κ3) is 3.42. The summed E-state index contributed by atoms with van der Waals surface area (Å²) in [5, 5.41) is 7.59. The van der Waals surface area contributed by atoms with Gasteiger partial charge in [-0.05, 0) is 26.0 Å². The first kappa shape index (κ1) is 11.9. The van der Waals surface area contributed by atoms with Gasteiger partial charge in [-0.1, -0.05) is 0 Å². The molecule has 2 rings (SSSR count). The molecule has 0 aliphatic rings. The molecule has 2 heterocycles.